The van der Waals surface area contributed by atoms with Crippen molar-refractivity contribution in [3.8, 4) is 0 Å². The lowest BCUT2D eigenvalue weighted by atomic mass is 9.84. The molecule has 2 aliphatic rings. The van der Waals surface area contributed by atoms with Crippen LogP contribution in [0, 0.1) is 0 Å². The number of methoxy groups -OCH3 is 1. The molecule has 1 aliphatic heterocycles. The van der Waals surface area contributed by atoms with E-state index in [-0.39, 0.29) is 11.7 Å². The van der Waals surface area contributed by atoms with Gasteiger partial charge in [0.1, 0.15) is 12.7 Å². The van der Waals surface area contributed by atoms with Gasteiger partial charge in [0, 0.05) is 40.4 Å². The van der Waals surface area contributed by atoms with Gasteiger partial charge in [0.15, 0.2) is 12.2 Å². The minimum Gasteiger partial charge on any atom is -0.463 e. The number of hydrogen-bond donors (Lipinski definition) is 1. The number of carbonyl (C=O) groups is 4. The molecule has 1 unspecified atom stereocenters. The Kier molecular flexibility index (Phi) is 10.2. The quantitative estimate of drug-likeness (QED) is 0.378. The van der Waals surface area contributed by atoms with E-state index in [1.54, 1.807) is 31.4 Å². The Bertz CT molecular complexity index is 1090. The highest BCUT2D eigenvalue weighted by Crippen LogP contribution is 2.43. The maximum atomic E-state index is 12.2. The van der Waals surface area contributed by atoms with E-state index in [9.17, 15) is 24.3 Å². The smallest absolute Gasteiger partial charge is 0.303 e. The summed E-state index contributed by atoms with van der Waals surface area (Å²) >= 11 is 0. The average Bonchev–Trinajstić information content (AvgIpc) is 2.87. The molecular formula is C28H36O11. The minimum absolute atomic E-state index is 0.182. The van der Waals surface area contributed by atoms with Gasteiger partial charge in [-0.3, -0.25) is 19.2 Å². The summed E-state index contributed by atoms with van der Waals surface area (Å²) in [5.74, 6) is -5.36. The van der Waals surface area contributed by atoms with Crippen LogP contribution in [-0.2, 0) is 53.4 Å². The van der Waals surface area contributed by atoms with Crippen molar-refractivity contribution < 1.29 is 52.7 Å². The molecule has 0 amide bonds. The highest BCUT2D eigenvalue weighted by Gasteiger charge is 2.60. The van der Waals surface area contributed by atoms with E-state index in [0.29, 0.717) is 5.56 Å². The summed E-state index contributed by atoms with van der Waals surface area (Å²) in [6.45, 7) is 4.12. The van der Waals surface area contributed by atoms with E-state index in [0.717, 1.165) is 52.0 Å². The van der Waals surface area contributed by atoms with E-state index in [1.165, 1.54) is 6.92 Å². The molecule has 1 saturated heterocycles. The lowest BCUT2D eigenvalue weighted by molar-refractivity contribution is -0.360. The standard InChI is InChI=1S/C28H36O11/c1-16(29)35-15-24-25(36-17(2)30)26(37-18(3)31)27(38-19(4)32)28(33,39-24)23-9-7-6-8-21(23)14-20-10-12-22(34-5)13-11-20/h6-9,14,22,24-27,33H,10-13,15H2,1-5H3/t22?,24-,25-,26+,27-,28?/m1/s1. The number of esters is 4. The van der Waals surface area contributed by atoms with Crippen LogP contribution >= 0.6 is 0 Å². The maximum Gasteiger partial charge on any atom is 0.303 e. The molecule has 0 radical (unpaired) electrons. The van der Waals surface area contributed by atoms with E-state index < -0.39 is 60.7 Å². The molecule has 1 aliphatic carbocycles. The van der Waals surface area contributed by atoms with Crippen LogP contribution in [0.2, 0.25) is 0 Å². The van der Waals surface area contributed by atoms with E-state index in [4.69, 9.17) is 28.4 Å². The molecule has 0 spiro atoms. The monoisotopic (exact) mass is 548 g/mol. The van der Waals surface area contributed by atoms with Crippen molar-refractivity contribution in [1.29, 1.82) is 0 Å². The van der Waals surface area contributed by atoms with Crippen molar-refractivity contribution in [1.82, 2.24) is 0 Å². The molecule has 2 fully saturated rings. The Morgan fingerprint density at radius 3 is 2.08 bits per heavy atom. The van der Waals surface area contributed by atoms with Gasteiger partial charge in [-0.15, -0.1) is 0 Å². The minimum atomic E-state index is -2.38. The first kappa shape index (κ1) is 30.3. The van der Waals surface area contributed by atoms with E-state index in [2.05, 4.69) is 0 Å². The summed E-state index contributed by atoms with van der Waals surface area (Å²) < 4.78 is 33.1. The lowest BCUT2D eigenvalue weighted by Gasteiger charge is -2.49. The average molecular weight is 549 g/mol. The summed E-state index contributed by atoms with van der Waals surface area (Å²) in [7, 11) is 1.69. The Morgan fingerprint density at radius 2 is 1.51 bits per heavy atom. The molecule has 39 heavy (non-hydrogen) atoms. The zero-order chi connectivity index (χ0) is 28.7. The molecule has 0 aromatic heterocycles. The van der Waals surface area contributed by atoms with Gasteiger partial charge in [-0.1, -0.05) is 35.9 Å². The number of carbonyl (C=O) groups excluding carboxylic acids is 4. The van der Waals surface area contributed by atoms with Crippen LogP contribution in [0.5, 0.6) is 0 Å². The van der Waals surface area contributed by atoms with Gasteiger partial charge in [0.25, 0.3) is 0 Å². The summed E-state index contributed by atoms with van der Waals surface area (Å²) in [4.78, 5) is 48.0. The fraction of sp³-hybridized carbons (Fsp3) is 0.571. The molecule has 1 aromatic carbocycles. The highest BCUT2D eigenvalue weighted by atomic mass is 16.7. The number of rotatable bonds is 8. The van der Waals surface area contributed by atoms with Crippen LogP contribution in [0.25, 0.3) is 6.08 Å². The number of ether oxygens (including phenoxy) is 6. The zero-order valence-corrected chi connectivity index (χ0v) is 22.8. The molecule has 1 saturated carbocycles. The van der Waals surface area contributed by atoms with Crippen LogP contribution in [-0.4, -0.2) is 73.2 Å². The normalized spacial score (nSPS) is 28.7. The van der Waals surface area contributed by atoms with Gasteiger partial charge in [-0.2, -0.15) is 0 Å². The lowest BCUT2D eigenvalue weighted by Crippen LogP contribution is -2.66. The molecule has 214 valence electrons. The van der Waals surface area contributed by atoms with Crippen LogP contribution in [0.15, 0.2) is 29.8 Å². The van der Waals surface area contributed by atoms with E-state index >= 15 is 0 Å². The summed E-state index contributed by atoms with van der Waals surface area (Å²) in [5.41, 5.74) is 1.94. The van der Waals surface area contributed by atoms with Crippen LogP contribution < -0.4 is 0 Å². The van der Waals surface area contributed by atoms with Crippen molar-refractivity contribution in [3.05, 3.63) is 41.0 Å². The first-order chi connectivity index (χ1) is 18.4. The van der Waals surface area contributed by atoms with Gasteiger partial charge in [-0.05, 0) is 31.2 Å². The highest BCUT2D eigenvalue weighted by molar-refractivity contribution is 5.69. The van der Waals surface area contributed by atoms with Crippen LogP contribution in [0.4, 0.5) is 0 Å². The molecule has 11 heteroatoms. The third-order valence-corrected chi connectivity index (χ3v) is 6.67. The van der Waals surface area contributed by atoms with Crippen molar-refractivity contribution in [3.63, 3.8) is 0 Å². The summed E-state index contributed by atoms with van der Waals surface area (Å²) in [6.07, 6.45) is -0.378. The van der Waals surface area contributed by atoms with Crippen LogP contribution in [0.1, 0.15) is 64.5 Å². The predicted octanol–water partition coefficient (Wildman–Crippen LogP) is 2.56. The summed E-state index contributed by atoms with van der Waals surface area (Å²) in [5, 5.41) is 12.2. The topological polar surface area (TPSA) is 144 Å². The second-order valence-electron chi connectivity index (χ2n) is 9.66. The van der Waals surface area contributed by atoms with Gasteiger partial charge < -0.3 is 33.5 Å². The number of benzene rings is 1. The second-order valence-corrected chi connectivity index (χ2v) is 9.66. The van der Waals surface area contributed by atoms with Crippen molar-refractivity contribution in [2.24, 2.45) is 0 Å². The summed E-state index contributed by atoms with van der Waals surface area (Å²) in [6, 6.07) is 6.83. The first-order valence-electron chi connectivity index (χ1n) is 12.8. The fourth-order valence-electron chi connectivity index (χ4n) is 5.01. The van der Waals surface area contributed by atoms with Gasteiger partial charge in [-0.25, -0.2) is 0 Å². The molecule has 11 nitrogen and oxygen atoms in total. The third kappa shape index (κ3) is 7.65. The molecule has 3 rings (SSSR count). The second kappa shape index (κ2) is 13.2. The first-order valence-corrected chi connectivity index (χ1v) is 12.8. The van der Waals surface area contributed by atoms with Crippen LogP contribution in [0.3, 0.4) is 0 Å². The Hall–Kier alpha value is -3.28. The molecule has 1 N–H and O–H groups in total. The van der Waals surface area contributed by atoms with Crippen molar-refractivity contribution in [2.75, 3.05) is 13.7 Å². The van der Waals surface area contributed by atoms with E-state index in [1.807, 2.05) is 6.08 Å². The molecule has 1 aromatic rings. The van der Waals surface area contributed by atoms with Crippen molar-refractivity contribution in [2.45, 2.75) is 89.7 Å². The molecule has 1 heterocycles. The molecular weight excluding hydrogens is 512 g/mol. The Labute approximate surface area is 227 Å². The number of allylic oxidation sites excluding steroid dienone is 1. The Morgan fingerprint density at radius 1 is 0.923 bits per heavy atom. The third-order valence-electron chi connectivity index (χ3n) is 6.67. The zero-order valence-electron chi connectivity index (χ0n) is 22.8. The van der Waals surface area contributed by atoms with Gasteiger partial charge in [0.05, 0.1) is 6.10 Å². The number of aliphatic hydroxyl groups is 1. The Balaban J connectivity index is 2.14. The molecule has 0 bridgehead atoms. The van der Waals surface area contributed by atoms with Crippen molar-refractivity contribution >= 4 is 30.0 Å². The fourth-order valence-corrected chi connectivity index (χ4v) is 5.01. The maximum absolute atomic E-state index is 12.2. The SMILES string of the molecule is COC1CCC(=Cc2ccccc2C2(O)O[C@H](COC(C)=O)[C@@H](OC(C)=O)[C@H](OC(C)=O)[C@H]2OC(C)=O)CC1. The van der Waals surface area contributed by atoms with Gasteiger partial charge in [0.2, 0.25) is 11.9 Å². The largest absolute Gasteiger partial charge is 0.463 e. The number of hydrogen-bond acceptors (Lipinski definition) is 11. The van der Waals surface area contributed by atoms with Gasteiger partial charge >= 0.3 is 23.9 Å². The predicted molar refractivity (Wildman–Crippen MR) is 136 cm³/mol. The molecule has 5 atom stereocenters.